The van der Waals surface area contributed by atoms with E-state index in [2.05, 4.69) is 0 Å². The third kappa shape index (κ3) is 5.13. The Hall–Kier alpha value is -1.07. The molecule has 0 saturated carbocycles. The normalized spacial score (nSPS) is 26.5. The fourth-order valence-corrected chi connectivity index (χ4v) is 2.27. The summed E-state index contributed by atoms with van der Waals surface area (Å²) < 4.78 is 10.1. The highest BCUT2D eigenvalue weighted by Gasteiger charge is 2.26. The van der Waals surface area contributed by atoms with Gasteiger partial charge < -0.3 is 14.3 Å². The Morgan fingerprint density at radius 2 is 1.70 bits per heavy atom. The molecule has 2 aliphatic rings. The fraction of sp³-hybridized carbons (Fsp3) is 0.800. The molecule has 0 aromatic carbocycles. The van der Waals surface area contributed by atoms with Crippen molar-refractivity contribution in [2.24, 2.45) is 17.8 Å². The maximum absolute atomic E-state index is 11.3. The number of hydrogen-bond donors (Lipinski definition) is 0. The predicted molar refractivity (Wildman–Crippen MR) is 73.4 cm³/mol. The van der Waals surface area contributed by atoms with Crippen LogP contribution in [0.5, 0.6) is 0 Å². The molecule has 0 N–H and O–H groups in total. The number of carbonyl (C=O) groups is 3. The zero-order valence-electron chi connectivity index (χ0n) is 12.3. The molecule has 3 unspecified atom stereocenters. The summed E-state index contributed by atoms with van der Waals surface area (Å²) >= 11 is 0. The van der Waals surface area contributed by atoms with Crippen LogP contribution in [-0.2, 0) is 23.9 Å². The lowest BCUT2D eigenvalue weighted by atomic mass is 9.95. The number of carbonyl (C=O) groups excluding carboxylic acids is 3. The van der Waals surface area contributed by atoms with Crippen molar-refractivity contribution in [2.45, 2.75) is 33.1 Å². The van der Waals surface area contributed by atoms with E-state index >= 15 is 0 Å². The Morgan fingerprint density at radius 3 is 2.10 bits per heavy atom. The number of Topliss-reactive ketones (excluding diaryl/α,β-unsaturated/α-hetero) is 2. The van der Waals surface area contributed by atoms with Crippen molar-refractivity contribution in [1.82, 2.24) is 0 Å². The molecule has 2 fully saturated rings. The van der Waals surface area contributed by atoms with Crippen LogP contribution in [0.1, 0.15) is 33.1 Å². The number of hydrogen-bond acceptors (Lipinski definition) is 5. The fourth-order valence-electron chi connectivity index (χ4n) is 2.27. The van der Waals surface area contributed by atoms with Crippen LogP contribution in [0.15, 0.2) is 0 Å². The highest BCUT2D eigenvalue weighted by Crippen LogP contribution is 2.16. The van der Waals surface area contributed by atoms with Crippen LogP contribution in [0.25, 0.3) is 0 Å². The van der Waals surface area contributed by atoms with Crippen molar-refractivity contribution in [2.75, 3.05) is 26.4 Å². The minimum atomic E-state index is -0.457. The lowest BCUT2D eigenvalue weighted by Crippen LogP contribution is -2.22. The number of ketones is 2. The van der Waals surface area contributed by atoms with E-state index in [1.54, 1.807) is 6.92 Å². The first kappa shape index (κ1) is 17.0. The van der Waals surface area contributed by atoms with Crippen LogP contribution in [0.4, 0.5) is 0 Å². The van der Waals surface area contributed by atoms with Crippen LogP contribution in [0.3, 0.4) is 0 Å². The molecule has 20 heavy (non-hydrogen) atoms. The van der Waals surface area contributed by atoms with Gasteiger partial charge in [-0.15, -0.1) is 0 Å². The third-order valence-electron chi connectivity index (χ3n) is 3.72. The highest BCUT2D eigenvalue weighted by atomic mass is 16.5. The van der Waals surface area contributed by atoms with Gasteiger partial charge in [-0.05, 0) is 19.8 Å². The molecule has 2 saturated heterocycles. The molecule has 0 aromatic rings. The Morgan fingerprint density at radius 1 is 1.15 bits per heavy atom. The second kappa shape index (κ2) is 8.97. The summed E-state index contributed by atoms with van der Waals surface area (Å²) in [6.07, 6.45) is 3.07. The lowest BCUT2D eigenvalue weighted by molar-refractivity contribution is -0.129. The average molecular weight is 284 g/mol. The highest BCUT2D eigenvalue weighted by molar-refractivity contribution is 5.94. The third-order valence-corrected chi connectivity index (χ3v) is 3.72. The van der Waals surface area contributed by atoms with Crippen LogP contribution in [0, 0.1) is 17.8 Å². The molecule has 114 valence electrons. The number of rotatable bonds is 5. The SMILES string of the molecule is CC(C=O)C(=O)C1CCOC1.CCC(=O)C1CCOC1. The van der Waals surface area contributed by atoms with Crippen LogP contribution in [0.2, 0.25) is 0 Å². The van der Waals surface area contributed by atoms with Gasteiger partial charge in [-0.25, -0.2) is 0 Å². The van der Waals surface area contributed by atoms with Gasteiger partial charge in [0.2, 0.25) is 0 Å². The summed E-state index contributed by atoms with van der Waals surface area (Å²) in [6, 6.07) is 0. The molecule has 0 bridgehead atoms. The van der Waals surface area contributed by atoms with Crippen LogP contribution < -0.4 is 0 Å². The van der Waals surface area contributed by atoms with E-state index < -0.39 is 5.92 Å². The summed E-state index contributed by atoms with van der Waals surface area (Å²) in [7, 11) is 0. The summed E-state index contributed by atoms with van der Waals surface area (Å²) in [5, 5.41) is 0. The molecule has 5 nitrogen and oxygen atoms in total. The van der Waals surface area contributed by atoms with Crippen molar-refractivity contribution in [3.05, 3.63) is 0 Å². The molecular weight excluding hydrogens is 260 g/mol. The van der Waals surface area contributed by atoms with Gasteiger partial charge in [0.1, 0.15) is 17.9 Å². The number of ether oxygens (including phenoxy) is 2. The Balaban J connectivity index is 0.000000204. The monoisotopic (exact) mass is 284 g/mol. The van der Waals surface area contributed by atoms with Gasteiger partial charge in [0.25, 0.3) is 0 Å². The summed E-state index contributed by atoms with van der Waals surface area (Å²) in [5.74, 6) is 0.108. The predicted octanol–water partition coefficient (Wildman–Crippen LogP) is 1.43. The quantitative estimate of drug-likeness (QED) is 0.564. The van der Waals surface area contributed by atoms with Crippen LogP contribution in [-0.4, -0.2) is 44.3 Å². The standard InChI is InChI=1S/C8H12O3.C7H12O2/c1-6(4-9)8(10)7-2-3-11-5-7;1-2-7(8)6-3-4-9-5-6/h4,6-7H,2-3,5H2,1H3;6H,2-5H2,1H3. The largest absolute Gasteiger partial charge is 0.381 e. The second-order valence-corrected chi connectivity index (χ2v) is 5.27. The maximum atomic E-state index is 11.3. The first-order valence-corrected chi connectivity index (χ1v) is 7.27. The molecule has 0 amide bonds. The smallest absolute Gasteiger partial charge is 0.148 e. The molecule has 2 aliphatic heterocycles. The van der Waals surface area contributed by atoms with E-state index in [0.29, 0.717) is 38.3 Å². The van der Waals surface area contributed by atoms with Crippen molar-refractivity contribution >= 4 is 17.9 Å². The molecular formula is C15H24O5. The van der Waals surface area contributed by atoms with E-state index in [4.69, 9.17) is 9.47 Å². The van der Waals surface area contributed by atoms with Gasteiger partial charge in [0, 0.05) is 31.5 Å². The van der Waals surface area contributed by atoms with E-state index in [1.165, 1.54) is 0 Å². The zero-order chi connectivity index (χ0) is 15.0. The van der Waals surface area contributed by atoms with Gasteiger partial charge in [-0.1, -0.05) is 6.92 Å². The Labute approximate surface area is 120 Å². The average Bonchev–Trinajstić information content (AvgIpc) is 3.17. The molecule has 2 rings (SSSR count). The maximum Gasteiger partial charge on any atom is 0.148 e. The van der Waals surface area contributed by atoms with Gasteiger partial charge in [-0.2, -0.15) is 0 Å². The summed E-state index contributed by atoms with van der Waals surface area (Å²) in [5.41, 5.74) is 0. The van der Waals surface area contributed by atoms with Crippen molar-refractivity contribution in [3.63, 3.8) is 0 Å². The van der Waals surface area contributed by atoms with Crippen molar-refractivity contribution in [1.29, 1.82) is 0 Å². The first-order chi connectivity index (χ1) is 9.60. The molecule has 2 heterocycles. The minimum absolute atomic E-state index is 0.0255. The molecule has 0 aromatic heterocycles. The zero-order valence-corrected chi connectivity index (χ0v) is 12.3. The Kier molecular flexibility index (Phi) is 7.62. The molecule has 0 radical (unpaired) electrons. The molecule has 0 aliphatic carbocycles. The molecule has 5 heteroatoms. The Bertz CT molecular complexity index is 327. The van der Waals surface area contributed by atoms with E-state index in [0.717, 1.165) is 19.4 Å². The van der Waals surface area contributed by atoms with Crippen LogP contribution >= 0.6 is 0 Å². The van der Waals surface area contributed by atoms with Crippen molar-refractivity contribution < 1.29 is 23.9 Å². The second-order valence-electron chi connectivity index (χ2n) is 5.27. The topological polar surface area (TPSA) is 69.7 Å². The van der Waals surface area contributed by atoms with Gasteiger partial charge in [0.05, 0.1) is 19.1 Å². The van der Waals surface area contributed by atoms with E-state index in [-0.39, 0.29) is 17.6 Å². The number of aldehydes is 1. The van der Waals surface area contributed by atoms with E-state index in [1.807, 2.05) is 6.92 Å². The van der Waals surface area contributed by atoms with Gasteiger partial charge in [0.15, 0.2) is 0 Å². The first-order valence-electron chi connectivity index (χ1n) is 7.27. The summed E-state index contributed by atoms with van der Waals surface area (Å²) in [4.78, 5) is 32.4. The van der Waals surface area contributed by atoms with Crippen molar-refractivity contribution in [3.8, 4) is 0 Å². The lowest BCUT2D eigenvalue weighted by Gasteiger charge is -2.07. The molecule has 3 atom stereocenters. The van der Waals surface area contributed by atoms with Gasteiger partial charge in [-0.3, -0.25) is 9.59 Å². The summed E-state index contributed by atoms with van der Waals surface area (Å²) in [6.45, 7) is 6.12. The minimum Gasteiger partial charge on any atom is -0.381 e. The van der Waals surface area contributed by atoms with Gasteiger partial charge >= 0.3 is 0 Å². The van der Waals surface area contributed by atoms with E-state index in [9.17, 15) is 14.4 Å². The molecule has 0 spiro atoms.